The number of fused-ring (bicyclic) bond motifs is 2. The number of hydrogen-bond donors (Lipinski definition) is 0. The van der Waals surface area contributed by atoms with Gasteiger partial charge in [0.15, 0.2) is 0 Å². The number of hydrogen-bond acceptors (Lipinski definition) is 6. The maximum absolute atomic E-state index is 11.4. The summed E-state index contributed by atoms with van der Waals surface area (Å²) in [5.41, 5.74) is 1.90. The van der Waals surface area contributed by atoms with Crippen molar-refractivity contribution in [2.45, 2.75) is 87.8 Å². The molecule has 0 aliphatic carbocycles. The standard InChI is InChI=1S/2C16H20O3S.Ca/c2*1-2-3-4-5-8-13-9-6-10-14-11-7-12-15(16(13)14)20(17,18)19;/h2*6-7,9-12H,2-5,8H2,1H3,(H,17,18,19);/q;;+2/p-2. The molecule has 0 amide bonds. The SMILES string of the molecule is CCCCCCc1cccc2cccc(S(=O)(=O)[O-])c12.CCCCCCc1cccc2cccc(S(=O)(=O)[O-])c12.[Ca+2]. The molecule has 6 nitrogen and oxygen atoms in total. The fraction of sp³-hybridized carbons (Fsp3) is 0.375. The molecule has 0 atom stereocenters. The third-order valence-corrected chi connectivity index (χ3v) is 8.80. The van der Waals surface area contributed by atoms with Crippen LogP contribution in [0.3, 0.4) is 0 Å². The van der Waals surface area contributed by atoms with Crippen LogP contribution in [-0.4, -0.2) is 63.7 Å². The Morgan fingerprint density at radius 3 is 1.17 bits per heavy atom. The van der Waals surface area contributed by atoms with Crippen molar-refractivity contribution in [2.75, 3.05) is 0 Å². The predicted molar refractivity (Wildman–Crippen MR) is 165 cm³/mol. The maximum atomic E-state index is 11.4. The Hall–Kier alpha value is -1.52. The Labute approximate surface area is 275 Å². The van der Waals surface area contributed by atoms with Gasteiger partial charge in [0.1, 0.15) is 20.2 Å². The van der Waals surface area contributed by atoms with Crippen molar-refractivity contribution in [3.05, 3.63) is 83.9 Å². The molecular weight excluding hydrogens is 585 g/mol. The quantitative estimate of drug-likeness (QED) is 0.0927. The fourth-order valence-electron chi connectivity index (χ4n) is 5.08. The smallest absolute Gasteiger partial charge is 0.744 e. The first-order valence-corrected chi connectivity index (χ1v) is 16.8. The minimum absolute atomic E-state index is 0. The molecule has 0 aliphatic rings. The first-order valence-electron chi connectivity index (χ1n) is 14.0. The molecule has 0 saturated heterocycles. The molecule has 41 heavy (non-hydrogen) atoms. The molecule has 4 aromatic rings. The summed E-state index contributed by atoms with van der Waals surface area (Å²) in [6, 6.07) is 21.1. The van der Waals surface area contributed by atoms with E-state index in [2.05, 4.69) is 13.8 Å². The topological polar surface area (TPSA) is 114 Å². The zero-order valence-corrected chi connectivity index (χ0v) is 27.8. The van der Waals surface area contributed by atoms with Gasteiger partial charge in [0, 0.05) is 10.8 Å². The van der Waals surface area contributed by atoms with Gasteiger partial charge in [-0.1, -0.05) is 113 Å². The molecule has 0 aliphatic heterocycles. The number of rotatable bonds is 12. The van der Waals surface area contributed by atoms with Crippen LogP contribution < -0.4 is 0 Å². The summed E-state index contributed by atoms with van der Waals surface area (Å²) in [4.78, 5) is -0.192. The Kier molecular flexibility index (Phi) is 14.7. The van der Waals surface area contributed by atoms with Gasteiger partial charge in [-0.3, -0.25) is 0 Å². The second kappa shape index (κ2) is 16.9. The average Bonchev–Trinajstić information content (AvgIpc) is 2.92. The molecule has 0 aromatic heterocycles. The molecule has 4 aromatic carbocycles. The molecule has 0 fully saturated rings. The van der Waals surface area contributed by atoms with Gasteiger partial charge >= 0.3 is 37.7 Å². The molecule has 4 rings (SSSR count). The molecular formula is C32H38CaO6S2. The van der Waals surface area contributed by atoms with Crippen molar-refractivity contribution in [1.29, 1.82) is 0 Å². The Balaban J connectivity index is 0.000000280. The van der Waals surface area contributed by atoms with Crippen molar-refractivity contribution in [2.24, 2.45) is 0 Å². The van der Waals surface area contributed by atoms with E-state index in [1.165, 1.54) is 25.0 Å². The van der Waals surface area contributed by atoms with Gasteiger partial charge in [-0.2, -0.15) is 0 Å². The van der Waals surface area contributed by atoms with Crippen LogP contribution in [0.1, 0.15) is 76.3 Å². The molecule has 216 valence electrons. The van der Waals surface area contributed by atoms with Gasteiger partial charge in [-0.15, -0.1) is 0 Å². The molecule has 0 radical (unpaired) electrons. The van der Waals surface area contributed by atoms with Crippen LogP contribution in [0.25, 0.3) is 21.5 Å². The van der Waals surface area contributed by atoms with E-state index >= 15 is 0 Å². The Morgan fingerprint density at radius 2 is 0.854 bits per heavy atom. The van der Waals surface area contributed by atoms with E-state index < -0.39 is 20.2 Å². The minimum atomic E-state index is -4.44. The fourth-order valence-corrected chi connectivity index (χ4v) is 6.57. The first-order chi connectivity index (χ1) is 19.1. The third-order valence-electron chi connectivity index (χ3n) is 7.04. The number of unbranched alkanes of at least 4 members (excludes halogenated alkanes) is 6. The third kappa shape index (κ3) is 10.3. The number of aryl methyl sites for hydroxylation is 2. The summed E-state index contributed by atoms with van der Waals surface area (Å²) >= 11 is 0. The second-order valence-corrected chi connectivity index (χ2v) is 12.8. The summed E-state index contributed by atoms with van der Waals surface area (Å²) in [6.45, 7) is 4.31. The van der Waals surface area contributed by atoms with E-state index in [0.717, 1.165) is 73.3 Å². The average molecular weight is 623 g/mol. The Bertz CT molecular complexity index is 1500. The van der Waals surface area contributed by atoms with Gasteiger partial charge in [0.25, 0.3) is 0 Å². The van der Waals surface area contributed by atoms with Gasteiger partial charge in [0.05, 0.1) is 9.79 Å². The summed E-state index contributed by atoms with van der Waals surface area (Å²) < 4.78 is 68.5. The van der Waals surface area contributed by atoms with Crippen molar-refractivity contribution in [1.82, 2.24) is 0 Å². The molecule has 0 spiro atoms. The molecule has 0 bridgehead atoms. The van der Waals surface area contributed by atoms with Crippen molar-refractivity contribution in [3.63, 3.8) is 0 Å². The predicted octanol–water partition coefficient (Wildman–Crippen LogP) is 7.35. The molecule has 0 unspecified atom stereocenters. The summed E-state index contributed by atoms with van der Waals surface area (Å²) in [5.74, 6) is 0. The monoisotopic (exact) mass is 622 g/mol. The molecule has 0 heterocycles. The zero-order valence-electron chi connectivity index (χ0n) is 24.0. The molecule has 9 heteroatoms. The van der Waals surface area contributed by atoms with Crippen molar-refractivity contribution < 1.29 is 25.9 Å². The summed E-state index contributed by atoms with van der Waals surface area (Å²) in [6.07, 6.45) is 10.6. The van der Waals surface area contributed by atoms with E-state index in [1.807, 2.05) is 48.5 Å². The van der Waals surface area contributed by atoms with Crippen LogP contribution in [0.5, 0.6) is 0 Å². The number of benzene rings is 4. The van der Waals surface area contributed by atoms with Crippen LogP contribution in [0.15, 0.2) is 82.6 Å². The van der Waals surface area contributed by atoms with Crippen LogP contribution in [0.4, 0.5) is 0 Å². The van der Waals surface area contributed by atoms with Crippen LogP contribution in [0, 0.1) is 0 Å². The molecule has 0 N–H and O–H groups in total. The van der Waals surface area contributed by atoms with E-state index in [0.29, 0.717) is 10.8 Å². The van der Waals surface area contributed by atoms with E-state index in [1.54, 1.807) is 12.1 Å². The maximum Gasteiger partial charge on any atom is 2.00 e. The molecule has 0 saturated carbocycles. The Morgan fingerprint density at radius 1 is 0.512 bits per heavy atom. The van der Waals surface area contributed by atoms with E-state index in [9.17, 15) is 25.9 Å². The van der Waals surface area contributed by atoms with Gasteiger partial charge in [-0.05, 0) is 59.7 Å². The van der Waals surface area contributed by atoms with Crippen molar-refractivity contribution >= 4 is 79.5 Å². The summed E-state index contributed by atoms with van der Waals surface area (Å²) in [5, 5.41) is 2.83. The minimum Gasteiger partial charge on any atom is -0.744 e. The van der Waals surface area contributed by atoms with Gasteiger partial charge in [0.2, 0.25) is 0 Å². The first kappa shape index (κ1) is 35.7. The second-order valence-electron chi connectivity index (χ2n) is 10.1. The van der Waals surface area contributed by atoms with Gasteiger partial charge < -0.3 is 9.11 Å². The van der Waals surface area contributed by atoms with Crippen molar-refractivity contribution in [3.8, 4) is 0 Å². The van der Waals surface area contributed by atoms with E-state index in [4.69, 9.17) is 0 Å². The zero-order chi connectivity index (χ0) is 29.2. The van der Waals surface area contributed by atoms with Crippen LogP contribution >= 0.6 is 0 Å². The van der Waals surface area contributed by atoms with E-state index in [-0.39, 0.29) is 47.5 Å². The van der Waals surface area contributed by atoms with Gasteiger partial charge in [-0.25, -0.2) is 16.8 Å². The van der Waals surface area contributed by atoms with Crippen LogP contribution in [0.2, 0.25) is 0 Å². The van der Waals surface area contributed by atoms with Crippen LogP contribution in [-0.2, 0) is 33.1 Å². The summed E-state index contributed by atoms with van der Waals surface area (Å²) in [7, 11) is -8.87. The normalized spacial score (nSPS) is 11.6. The largest absolute Gasteiger partial charge is 2.00 e.